The molecule has 0 spiro atoms. The summed E-state index contributed by atoms with van der Waals surface area (Å²) < 4.78 is 10.9. The van der Waals surface area contributed by atoms with E-state index in [0.717, 1.165) is 56.8 Å². The van der Waals surface area contributed by atoms with Gasteiger partial charge in [0.05, 0.1) is 38.0 Å². The van der Waals surface area contributed by atoms with Crippen LogP contribution in [0, 0.1) is 0 Å². The van der Waals surface area contributed by atoms with Crippen molar-refractivity contribution in [3.63, 3.8) is 0 Å². The Morgan fingerprint density at radius 2 is 0.969 bits per heavy atom. The first-order valence-corrected chi connectivity index (χ1v) is 10.2. The molecule has 5 rings (SSSR count). The molecule has 5 aromatic rings. The molecule has 0 fully saturated rings. The van der Waals surface area contributed by atoms with Crippen LogP contribution in [0.1, 0.15) is 0 Å². The Morgan fingerprint density at radius 1 is 0.562 bits per heavy atom. The summed E-state index contributed by atoms with van der Waals surface area (Å²) in [5, 5.41) is 0. The van der Waals surface area contributed by atoms with Crippen molar-refractivity contribution >= 4 is 0 Å². The van der Waals surface area contributed by atoms with Crippen LogP contribution in [0.25, 0.3) is 45.3 Å². The highest BCUT2D eigenvalue weighted by atomic mass is 16.5. The normalized spacial score (nSPS) is 10.8. The van der Waals surface area contributed by atoms with Crippen LogP contribution in [-0.4, -0.2) is 34.2 Å². The van der Waals surface area contributed by atoms with Crippen LogP contribution in [0.2, 0.25) is 0 Å². The number of methoxy groups -OCH3 is 2. The van der Waals surface area contributed by atoms with Gasteiger partial charge in [-0.1, -0.05) is 48.5 Å². The highest BCUT2D eigenvalue weighted by Crippen LogP contribution is 2.32. The number of para-hydroxylation sites is 2. The van der Waals surface area contributed by atoms with Crippen molar-refractivity contribution in [3.8, 4) is 56.8 Å². The fraction of sp³-hybridized carbons (Fsp3) is 0.0769. The second-order valence-electron chi connectivity index (χ2n) is 7.27. The van der Waals surface area contributed by atoms with E-state index in [9.17, 15) is 0 Å². The Balaban J connectivity index is 1.40. The van der Waals surface area contributed by atoms with E-state index in [2.05, 4.69) is 19.9 Å². The summed E-state index contributed by atoms with van der Waals surface area (Å²) in [5.41, 5.74) is 5.76. The molecule has 0 saturated carbocycles. The van der Waals surface area contributed by atoms with Crippen LogP contribution in [0.3, 0.4) is 0 Å². The Labute approximate surface area is 185 Å². The lowest BCUT2D eigenvalue weighted by molar-refractivity contribution is 0.416. The third kappa shape index (κ3) is 3.63. The largest absolute Gasteiger partial charge is 0.496 e. The zero-order chi connectivity index (χ0) is 21.9. The number of aromatic amines is 2. The molecule has 0 saturated heterocycles. The smallest absolute Gasteiger partial charge is 0.137 e. The number of nitrogens with zero attached hydrogens (tertiary/aromatic N) is 2. The molecule has 6 nitrogen and oxygen atoms in total. The van der Waals surface area contributed by atoms with Gasteiger partial charge in [-0.05, 0) is 24.3 Å². The van der Waals surface area contributed by atoms with E-state index >= 15 is 0 Å². The number of hydrogen-bond acceptors (Lipinski definition) is 4. The van der Waals surface area contributed by atoms with Crippen molar-refractivity contribution in [3.05, 3.63) is 85.2 Å². The second kappa shape index (κ2) is 8.43. The first-order chi connectivity index (χ1) is 15.8. The Bertz CT molecular complexity index is 1250. The van der Waals surface area contributed by atoms with Crippen molar-refractivity contribution in [2.45, 2.75) is 0 Å². The molecule has 3 aromatic carbocycles. The summed E-state index contributed by atoms with van der Waals surface area (Å²) in [6.07, 6.45) is 3.65. The minimum absolute atomic E-state index is 0.798. The quantitative estimate of drug-likeness (QED) is 0.362. The molecule has 0 aliphatic heterocycles. The molecule has 158 valence electrons. The Hall–Kier alpha value is -4.32. The van der Waals surface area contributed by atoms with Crippen LogP contribution in [0.4, 0.5) is 0 Å². The maximum atomic E-state index is 5.46. The van der Waals surface area contributed by atoms with E-state index in [0.29, 0.717) is 0 Å². The first kappa shape index (κ1) is 19.6. The number of rotatable bonds is 6. The number of ether oxygens (including phenoxy) is 2. The first-order valence-electron chi connectivity index (χ1n) is 10.2. The minimum Gasteiger partial charge on any atom is -0.496 e. The molecule has 2 aromatic heterocycles. The van der Waals surface area contributed by atoms with Crippen LogP contribution in [-0.2, 0) is 0 Å². The number of nitrogens with one attached hydrogen (secondary N) is 2. The molecular formula is C26H22N4O2. The fourth-order valence-electron chi connectivity index (χ4n) is 3.73. The summed E-state index contributed by atoms with van der Waals surface area (Å²) >= 11 is 0. The van der Waals surface area contributed by atoms with Gasteiger partial charge in [0.15, 0.2) is 0 Å². The van der Waals surface area contributed by atoms with Crippen molar-refractivity contribution < 1.29 is 9.47 Å². The van der Waals surface area contributed by atoms with Gasteiger partial charge in [-0.15, -0.1) is 0 Å². The number of H-pyrrole nitrogens is 2. The van der Waals surface area contributed by atoms with Gasteiger partial charge in [0.25, 0.3) is 0 Å². The molecule has 0 amide bonds. The Kier molecular flexibility index (Phi) is 5.17. The molecule has 32 heavy (non-hydrogen) atoms. The Morgan fingerprint density at radius 3 is 1.38 bits per heavy atom. The van der Waals surface area contributed by atoms with E-state index in [1.165, 1.54) is 0 Å². The topological polar surface area (TPSA) is 75.8 Å². The SMILES string of the molecule is COc1ccccc1-c1cnc(-c2ccc(-c3ncc(-c4ccccc4OC)[nH]3)cc2)[nH]1. The van der Waals surface area contributed by atoms with E-state index in [1.54, 1.807) is 14.2 Å². The average Bonchev–Trinajstić information content (AvgIpc) is 3.54. The van der Waals surface area contributed by atoms with Gasteiger partial charge in [-0.2, -0.15) is 0 Å². The van der Waals surface area contributed by atoms with Crippen LogP contribution >= 0.6 is 0 Å². The van der Waals surface area contributed by atoms with Crippen LogP contribution in [0.5, 0.6) is 11.5 Å². The molecule has 0 aliphatic rings. The van der Waals surface area contributed by atoms with E-state index in [4.69, 9.17) is 9.47 Å². The minimum atomic E-state index is 0.798. The monoisotopic (exact) mass is 422 g/mol. The van der Waals surface area contributed by atoms with E-state index < -0.39 is 0 Å². The zero-order valence-corrected chi connectivity index (χ0v) is 17.8. The lowest BCUT2D eigenvalue weighted by Gasteiger charge is -2.06. The van der Waals surface area contributed by atoms with E-state index in [-0.39, 0.29) is 0 Å². The highest BCUT2D eigenvalue weighted by molar-refractivity contribution is 5.72. The summed E-state index contributed by atoms with van der Waals surface area (Å²) in [6.45, 7) is 0. The van der Waals surface area contributed by atoms with E-state index in [1.807, 2.05) is 85.2 Å². The molecule has 0 bridgehead atoms. The highest BCUT2D eigenvalue weighted by Gasteiger charge is 2.12. The third-order valence-electron chi connectivity index (χ3n) is 5.38. The molecule has 2 heterocycles. The van der Waals surface area contributed by atoms with Gasteiger partial charge in [0.2, 0.25) is 0 Å². The van der Waals surface area contributed by atoms with Crippen molar-refractivity contribution in [2.24, 2.45) is 0 Å². The van der Waals surface area contributed by atoms with Gasteiger partial charge >= 0.3 is 0 Å². The number of hydrogen-bond donors (Lipinski definition) is 2. The molecule has 6 heteroatoms. The number of benzene rings is 3. The second-order valence-corrected chi connectivity index (χ2v) is 7.27. The summed E-state index contributed by atoms with van der Waals surface area (Å²) in [5.74, 6) is 3.21. The molecule has 0 unspecified atom stereocenters. The summed E-state index contributed by atoms with van der Waals surface area (Å²) in [4.78, 5) is 15.9. The van der Waals surface area contributed by atoms with Gasteiger partial charge in [0, 0.05) is 22.3 Å². The third-order valence-corrected chi connectivity index (χ3v) is 5.38. The predicted molar refractivity (Wildman–Crippen MR) is 126 cm³/mol. The van der Waals surface area contributed by atoms with Gasteiger partial charge in [-0.25, -0.2) is 9.97 Å². The summed E-state index contributed by atoms with van der Waals surface area (Å²) in [6, 6.07) is 23.9. The standard InChI is InChI=1S/C26H22N4O2/c1-31-23-9-5-3-7-19(23)21-15-27-25(29-21)17-11-13-18(14-12-17)26-28-16-22(30-26)20-8-4-6-10-24(20)32-2/h3-16H,1-2H3,(H,27,29)(H,28,30). The van der Waals surface area contributed by atoms with Gasteiger partial charge in [-0.3, -0.25) is 0 Å². The maximum absolute atomic E-state index is 5.46. The molecule has 0 aliphatic carbocycles. The van der Waals surface area contributed by atoms with Gasteiger partial charge in [0.1, 0.15) is 23.1 Å². The predicted octanol–water partition coefficient (Wildman–Crippen LogP) is 5.82. The molecule has 0 radical (unpaired) electrons. The molecule has 0 atom stereocenters. The average molecular weight is 422 g/mol. The lowest BCUT2D eigenvalue weighted by atomic mass is 10.1. The van der Waals surface area contributed by atoms with Crippen molar-refractivity contribution in [1.29, 1.82) is 0 Å². The lowest BCUT2D eigenvalue weighted by Crippen LogP contribution is -1.88. The summed E-state index contributed by atoms with van der Waals surface area (Å²) in [7, 11) is 3.34. The van der Waals surface area contributed by atoms with Crippen LogP contribution < -0.4 is 9.47 Å². The zero-order valence-electron chi connectivity index (χ0n) is 17.8. The van der Waals surface area contributed by atoms with Crippen LogP contribution in [0.15, 0.2) is 85.2 Å². The number of imidazole rings is 2. The maximum Gasteiger partial charge on any atom is 0.137 e. The molecular weight excluding hydrogens is 400 g/mol. The molecule has 2 N–H and O–H groups in total. The van der Waals surface area contributed by atoms with Crippen molar-refractivity contribution in [2.75, 3.05) is 14.2 Å². The van der Waals surface area contributed by atoms with Gasteiger partial charge < -0.3 is 19.4 Å². The van der Waals surface area contributed by atoms with Crippen molar-refractivity contribution in [1.82, 2.24) is 19.9 Å². The number of aromatic nitrogens is 4. The fourth-order valence-corrected chi connectivity index (χ4v) is 3.73.